The van der Waals surface area contributed by atoms with Crippen molar-refractivity contribution in [1.82, 2.24) is 20.2 Å². The van der Waals surface area contributed by atoms with Crippen molar-refractivity contribution < 1.29 is 23.4 Å². The molecule has 0 saturated heterocycles. The Labute approximate surface area is 209 Å². The van der Waals surface area contributed by atoms with Crippen LogP contribution in [0.25, 0.3) is 32.9 Å². The van der Waals surface area contributed by atoms with Gasteiger partial charge in [0.2, 0.25) is 5.95 Å². The highest BCUT2D eigenvalue weighted by atomic mass is 19.1. The summed E-state index contributed by atoms with van der Waals surface area (Å²) in [5, 5.41) is 10.2. The molecule has 3 N–H and O–H groups in total. The van der Waals surface area contributed by atoms with Gasteiger partial charge in [-0.15, -0.1) is 0 Å². The van der Waals surface area contributed by atoms with E-state index >= 15 is 0 Å². The predicted octanol–water partition coefficient (Wildman–Crippen LogP) is 4.39. The number of ether oxygens (including phenoxy) is 3. The van der Waals surface area contributed by atoms with Crippen molar-refractivity contribution in [3.63, 3.8) is 0 Å². The first kappa shape index (κ1) is 23.8. The van der Waals surface area contributed by atoms with Crippen LogP contribution in [0, 0.1) is 5.82 Å². The lowest BCUT2D eigenvalue weighted by atomic mass is 9.98. The summed E-state index contributed by atoms with van der Waals surface area (Å²) in [6.07, 6.45) is -0.348. The highest BCUT2D eigenvalue weighted by Crippen LogP contribution is 2.33. The van der Waals surface area contributed by atoms with E-state index < -0.39 is 11.9 Å². The first-order valence-corrected chi connectivity index (χ1v) is 11.2. The minimum atomic E-state index is -0.656. The molecule has 0 aliphatic carbocycles. The fourth-order valence-corrected chi connectivity index (χ4v) is 4.19. The molecule has 0 radical (unpaired) electrons. The summed E-state index contributed by atoms with van der Waals surface area (Å²) < 4.78 is 30.3. The maximum absolute atomic E-state index is 14.9. The maximum Gasteiger partial charge on any atom is 0.413 e. The van der Waals surface area contributed by atoms with Gasteiger partial charge in [-0.3, -0.25) is 10.1 Å². The third-order valence-electron chi connectivity index (χ3n) is 5.96. The molecule has 3 aromatic carbocycles. The third kappa shape index (κ3) is 4.54. The third-order valence-corrected chi connectivity index (χ3v) is 5.96. The van der Waals surface area contributed by atoms with Crippen LogP contribution in [-0.4, -0.2) is 47.6 Å². The van der Waals surface area contributed by atoms with Gasteiger partial charge >= 0.3 is 6.09 Å². The summed E-state index contributed by atoms with van der Waals surface area (Å²) in [5.74, 6) is 0.744. The molecule has 0 aliphatic heterocycles. The standard InChI is InChI=1S/C26H22FN5O5/c1-35-15-11-17-23(22(12-15)36-2)21(31-32-24(17)33)9-13-4-6-18(27)16(8-13)14-5-7-19-20(10-14)29-25(28-19)30-26(34)37-3/h4-8,10-12H,9H2,1-3H3,(H,32,33)(H2,28,29,30,34). The van der Waals surface area contributed by atoms with E-state index in [1.165, 1.54) is 27.4 Å². The van der Waals surface area contributed by atoms with E-state index in [0.29, 0.717) is 56.5 Å². The number of halogens is 1. The second kappa shape index (κ2) is 9.61. The second-order valence-corrected chi connectivity index (χ2v) is 8.18. The summed E-state index contributed by atoms with van der Waals surface area (Å²) >= 11 is 0. The van der Waals surface area contributed by atoms with Gasteiger partial charge in [0.1, 0.15) is 17.3 Å². The number of imidazole rings is 1. The fraction of sp³-hybridized carbons (Fsp3) is 0.154. The Morgan fingerprint density at radius 1 is 1.05 bits per heavy atom. The van der Waals surface area contributed by atoms with Crippen LogP contribution in [0.2, 0.25) is 0 Å². The molecule has 10 nitrogen and oxygen atoms in total. The van der Waals surface area contributed by atoms with Gasteiger partial charge in [0.15, 0.2) is 0 Å². The SMILES string of the molecule is COC(=O)Nc1nc2ccc(-c3cc(Cc4n[nH]c(=O)c5cc(OC)cc(OC)c45)ccc3F)cc2[nH]1. The first-order chi connectivity index (χ1) is 17.9. The lowest BCUT2D eigenvalue weighted by Crippen LogP contribution is -2.12. The van der Waals surface area contributed by atoms with Crippen molar-refractivity contribution in [2.24, 2.45) is 0 Å². The molecule has 188 valence electrons. The van der Waals surface area contributed by atoms with Crippen LogP contribution in [0.15, 0.2) is 53.3 Å². The Hall–Kier alpha value is -4.93. The van der Waals surface area contributed by atoms with E-state index in [2.05, 4.69) is 30.2 Å². The second-order valence-electron chi connectivity index (χ2n) is 8.18. The number of carbonyl (C=O) groups excluding carboxylic acids is 1. The summed E-state index contributed by atoms with van der Waals surface area (Å²) in [7, 11) is 4.27. The zero-order valence-corrected chi connectivity index (χ0v) is 20.1. The van der Waals surface area contributed by atoms with Crippen molar-refractivity contribution >= 4 is 33.8 Å². The Kier molecular flexibility index (Phi) is 6.18. The predicted molar refractivity (Wildman–Crippen MR) is 136 cm³/mol. The van der Waals surface area contributed by atoms with Crippen LogP contribution in [-0.2, 0) is 11.2 Å². The molecule has 5 aromatic rings. The van der Waals surface area contributed by atoms with Gasteiger partial charge in [0, 0.05) is 18.1 Å². The van der Waals surface area contributed by atoms with Gasteiger partial charge in [0.25, 0.3) is 5.56 Å². The Morgan fingerprint density at radius 3 is 2.65 bits per heavy atom. The van der Waals surface area contributed by atoms with Crippen LogP contribution in [0.3, 0.4) is 0 Å². The van der Waals surface area contributed by atoms with E-state index in [1.54, 1.807) is 42.5 Å². The summed E-state index contributed by atoms with van der Waals surface area (Å²) in [6.45, 7) is 0. The number of carbonyl (C=O) groups is 1. The van der Waals surface area contributed by atoms with Crippen LogP contribution >= 0.6 is 0 Å². The van der Waals surface area contributed by atoms with Crippen molar-refractivity contribution in [3.05, 3.63) is 76.0 Å². The monoisotopic (exact) mass is 503 g/mol. The molecule has 0 bridgehead atoms. The number of anilines is 1. The number of hydrogen-bond donors (Lipinski definition) is 3. The van der Waals surface area contributed by atoms with Crippen LogP contribution in [0.1, 0.15) is 11.3 Å². The summed E-state index contributed by atoms with van der Waals surface area (Å²) in [5.41, 5.74) is 3.16. The number of aromatic amines is 2. The molecule has 37 heavy (non-hydrogen) atoms. The average Bonchev–Trinajstić information content (AvgIpc) is 3.31. The van der Waals surface area contributed by atoms with E-state index in [9.17, 15) is 14.0 Å². The quantitative estimate of drug-likeness (QED) is 0.313. The minimum absolute atomic E-state index is 0.217. The Bertz CT molecular complexity index is 1710. The van der Waals surface area contributed by atoms with Gasteiger partial charge in [-0.2, -0.15) is 5.10 Å². The lowest BCUT2D eigenvalue weighted by molar-refractivity contribution is 0.186. The van der Waals surface area contributed by atoms with Gasteiger partial charge in [-0.05, 0) is 41.5 Å². The number of amides is 1. The van der Waals surface area contributed by atoms with Gasteiger partial charge < -0.3 is 19.2 Å². The number of methoxy groups -OCH3 is 3. The van der Waals surface area contributed by atoms with Crippen molar-refractivity contribution in [1.29, 1.82) is 0 Å². The van der Waals surface area contributed by atoms with Gasteiger partial charge in [-0.1, -0.05) is 12.1 Å². The zero-order chi connectivity index (χ0) is 26.1. The van der Waals surface area contributed by atoms with E-state index in [1.807, 2.05) is 0 Å². The van der Waals surface area contributed by atoms with Crippen LogP contribution < -0.4 is 20.3 Å². The largest absolute Gasteiger partial charge is 0.497 e. The molecule has 2 heterocycles. The molecule has 0 spiro atoms. The molecular weight excluding hydrogens is 481 g/mol. The molecule has 0 saturated carbocycles. The highest BCUT2D eigenvalue weighted by Gasteiger charge is 2.16. The van der Waals surface area contributed by atoms with Crippen molar-refractivity contribution in [3.8, 4) is 22.6 Å². The summed E-state index contributed by atoms with van der Waals surface area (Å²) in [4.78, 5) is 31.2. The molecule has 11 heteroatoms. The van der Waals surface area contributed by atoms with E-state index in [4.69, 9.17) is 9.47 Å². The Morgan fingerprint density at radius 2 is 1.89 bits per heavy atom. The fourth-order valence-electron chi connectivity index (χ4n) is 4.19. The van der Waals surface area contributed by atoms with Crippen molar-refractivity contribution in [2.75, 3.05) is 26.6 Å². The van der Waals surface area contributed by atoms with Crippen LogP contribution in [0.4, 0.5) is 15.1 Å². The van der Waals surface area contributed by atoms with Crippen molar-refractivity contribution in [2.45, 2.75) is 6.42 Å². The van der Waals surface area contributed by atoms with Gasteiger partial charge in [-0.25, -0.2) is 19.3 Å². The number of nitrogens with one attached hydrogen (secondary N) is 3. The number of fused-ring (bicyclic) bond motifs is 2. The molecule has 0 aliphatic rings. The topological polar surface area (TPSA) is 131 Å². The minimum Gasteiger partial charge on any atom is -0.497 e. The van der Waals surface area contributed by atoms with Gasteiger partial charge in [0.05, 0.1) is 48.8 Å². The zero-order valence-electron chi connectivity index (χ0n) is 20.1. The molecule has 2 aromatic heterocycles. The number of nitrogens with zero attached hydrogens (tertiary/aromatic N) is 2. The Balaban J connectivity index is 1.53. The van der Waals surface area contributed by atoms with E-state index in [-0.39, 0.29) is 11.5 Å². The lowest BCUT2D eigenvalue weighted by Gasteiger charge is -2.12. The normalized spacial score (nSPS) is 11.0. The van der Waals surface area contributed by atoms with E-state index in [0.717, 1.165) is 5.56 Å². The molecule has 0 unspecified atom stereocenters. The molecular formula is C26H22FN5O5. The molecule has 5 rings (SSSR count). The first-order valence-electron chi connectivity index (χ1n) is 11.2. The summed E-state index contributed by atoms with van der Waals surface area (Å²) in [6, 6.07) is 13.3. The molecule has 0 atom stereocenters. The number of rotatable bonds is 6. The smallest absolute Gasteiger partial charge is 0.413 e. The number of aromatic nitrogens is 4. The maximum atomic E-state index is 14.9. The molecule has 0 fully saturated rings. The average molecular weight is 503 g/mol. The van der Waals surface area contributed by atoms with Crippen LogP contribution in [0.5, 0.6) is 11.5 Å². The highest BCUT2D eigenvalue weighted by molar-refractivity contribution is 5.91. The number of hydrogen-bond acceptors (Lipinski definition) is 7. The number of H-pyrrole nitrogens is 2. The molecule has 1 amide bonds. The number of benzene rings is 3.